The molecule has 0 saturated heterocycles. The van der Waals surface area contributed by atoms with Crippen LogP contribution in [-0.2, 0) is 32.7 Å². The van der Waals surface area contributed by atoms with E-state index in [1.54, 1.807) is 0 Å². The van der Waals surface area contributed by atoms with Crippen molar-refractivity contribution >= 4 is 7.32 Å². The van der Waals surface area contributed by atoms with Crippen molar-refractivity contribution in [2.45, 2.75) is 0 Å². The number of halogens is 1. The maximum Gasteiger partial charge on any atom is 3.00 e. The van der Waals surface area contributed by atoms with E-state index in [1.165, 1.54) is 0 Å². The molecule has 0 bridgehead atoms. The Balaban J connectivity index is -0.0000000450. The van der Waals surface area contributed by atoms with Gasteiger partial charge < -0.3 is 15.1 Å². The number of hydrogen-bond donors (Lipinski definition) is 0. The first kappa shape index (κ1) is 15.8. The fraction of sp³-hybridized carbons (Fsp3) is 0. The summed E-state index contributed by atoms with van der Waals surface area (Å²) in [6.07, 6.45) is 0. The molecule has 0 aromatic heterocycles. The third-order valence-corrected chi connectivity index (χ3v) is 0. The fourth-order valence-electron chi connectivity index (χ4n) is 0. The molecule has 32 valence electrons. The van der Waals surface area contributed by atoms with Gasteiger partial charge in [0.15, 0.2) is 0 Å². The van der Waals surface area contributed by atoms with E-state index in [9.17, 15) is 0 Å². The van der Waals surface area contributed by atoms with Crippen LogP contribution in [0, 0.1) is 0 Å². The molecule has 6 heteroatoms. The summed E-state index contributed by atoms with van der Waals surface area (Å²) in [5.41, 5.74) is 0. The van der Waals surface area contributed by atoms with E-state index in [0.717, 1.165) is 0 Å². The van der Waals surface area contributed by atoms with Crippen molar-refractivity contribution in [1.82, 2.24) is 0 Å². The van der Waals surface area contributed by atoms with E-state index in [1.807, 2.05) is 0 Å². The second kappa shape index (κ2) is 9.36. The maximum absolute atomic E-state index is 8.42. The summed E-state index contributed by atoms with van der Waals surface area (Å²) in [6.45, 7) is 0. The summed E-state index contributed by atoms with van der Waals surface area (Å²) in [5.74, 6) is 0. The molecule has 0 fully saturated rings. The minimum absolute atomic E-state index is 0. The molecule has 6 heavy (non-hydrogen) atoms. The van der Waals surface area contributed by atoms with Crippen LogP contribution in [0.4, 0.5) is 4.70 Å². The second-order valence-corrected chi connectivity index (χ2v) is 0.289. The van der Waals surface area contributed by atoms with Crippen LogP contribution in [0.25, 0.3) is 0 Å². The Labute approximate surface area is 59.8 Å². The SMILES string of the molecule is F.[O-]B([O-])[O-].[Y+3]. The van der Waals surface area contributed by atoms with Crippen LogP contribution in [0.3, 0.4) is 0 Å². The minimum atomic E-state index is -2.92. The Morgan fingerprint density at radius 1 is 1.00 bits per heavy atom. The predicted octanol–water partition coefficient (Wildman–Crippen LogP) is -3.80. The van der Waals surface area contributed by atoms with Gasteiger partial charge in [0.05, 0.1) is 0 Å². The molecule has 0 amide bonds. The van der Waals surface area contributed by atoms with Crippen molar-refractivity contribution in [2.75, 3.05) is 0 Å². The van der Waals surface area contributed by atoms with Gasteiger partial charge in [0, 0.05) is 0 Å². The first-order valence-electron chi connectivity index (χ1n) is 0.707. The van der Waals surface area contributed by atoms with Crippen LogP contribution in [0.2, 0.25) is 0 Å². The molecule has 0 aromatic carbocycles. The van der Waals surface area contributed by atoms with E-state index in [2.05, 4.69) is 0 Å². The van der Waals surface area contributed by atoms with Gasteiger partial charge in [-0.1, -0.05) is 0 Å². The molecule has 0 heterocycles. The molecule has 0 aliphatic heterocycles. The van der Waals surface area contributed by atoms with Crippen molar-refractivity contribution in [3.63, 3.8) is 0 Å². The van der Waals surface area contributed by atoms with E-state index < -0.39 is 7.32 Å². The molecule has 0 aromatic rings. The van der Waals surface area contributed by atoms with Gasteiger partial charge in [-0.3, -0.25) is 12.0 Å². The molecule has 0 unspecified atom stereocenters. The maximum atomic E-state index is 8.42. The molecule has 3 nitrogen and oxygen atoms in total. The second-order valence-electron chi connectivity index (χ2n) is 0.289. The Morgan fingerprint density at radius 2 is 1.00 bits per heavy atom. The molecule has 0 aliphatic carbocycles. The van der Waals surface area contributed by atoms with Crippen molar-refractivity contribution < 1.29 is 52.5 Å². The number of rotatable bonds is 0. The third-order valence-electron chi connectivity index (χ3n) is 0. The summed E-state index contributed by atoms with van der Waals surface area (Å²) in [4.78, 5) is 0. The Bertz CT molecular complexity index is 15.5. The topological polar surface area (TPSA) is 69.2 Å². The van der Waals surface area contributed by atoms with Gasteiger partial charge in [0.25, 0.3) is 0 Å². The Morgan fingerprint density at radius 3 is 1.00 bits per heavy atom. The average Bonchev–Trinajstić information content (AvgIpc) is 0.811. The fourth-order valence-corrected chi connectivity index (χ4v) is 0. The van der Waals surface area contributed by atoms with E-state index in [-0.39, 0.29) is 37.4 Å². The normalized spacial score (nSPS) is 4.50. The van der Waals surface area contributed by atoms with Crippen LogP contribution >= 0.6 is 0 Å². The molecule has 0 spiro atoms. The van der Waals surface area contributed by atoms with Gasteiger partial charge in [-0.25, -0.2) is 0 Å². The Kier molecular flexibility index (Phi) is 24.6. The Hall–Kier alpha value is 0.979. The summed E-state index contributed by atoms with van der Waals surface area (Å²) in [5, 5.41) is 25.2. The molecule has 0 radical (unpaired) electrons. The zero-order chi connectivity index (χ0) is 3.58. The van der Waals surface area contributed by atoms with Gasteiger partial charge >= 0.3 is 32.7 Å². The molecule has 0 saturated carbocycles. The standard InChI is InChI=1S/BO3.FH.Y/c2-1(3)4;;/h;1H;/q-3;;+3. The van der Waals surface area contributed by atoms with Gasteiger partial charge in [-0.05, 0) is 0 Å². The van der Waals surface area contributed by atoms with Gasteiger partial charge in [0.1, 0.15) is 0 Å². The van der Waals surface area contributed by atoms with Crippen LogP contribution in [0.5, 0.6) is 0 Å². The summed E-state index contributed by atoms with van der Waals surface area (Å²) < 4.78 is 0. The van der Waals surface area contributed by atoms with Crippen molar-refractivity contribution in [1.29, 1.82) is 0 Å². The smallest absolute Gasteiger partial charge is 0.907 e. The molecule has 0 rings (SSSR count). The minimum Gasteiger partial charge on any atom is -0.907 e. The molecule has 0 atom stereocenters. The van der Waals surface area contributed by atoms with Crippen LogP contribution in [-0.4, -0.2) is 7.32 Å². The monoisotopic (exact) mass is 168 g/mol. The van der Waals surface area contributed by atoms with Crippen molar-refractivity contribution in [2.24, 2.45) is 0 Å². The van der Waals surface area contributed by atoms with Gasteiger partial charge in [0.2, 0.25) is 0 Å². The van der Waals surface area contributed by atoms with Crippen molar-refractivity contribution in [3.8, 4) is 0 Å². The summed E-state index contributed by atoms with van der Waals surface area (Å²) in [6, 6.07) is 0. The van der Waals surface area contributed by atoms with E-state index >= 15 is 0 Å². The molecular formula is HBFO3Y. The first-order valence-corrected chi connectivity index (χ1v) is 0.707. The summed E-state index contributed by atoms with van der Waals surface area (Å²) >= 11 is 0. The van der Waals surface area contributed by atoms with Crippen molar-refractivity contribution in [3.05, 3.63) is 0 Å². The quantitative estimate of drug-likeness (QED) is 0.348. The average molecular weight is 168 g/mol. The largest absolute Gasteiger partial charge is 3.00 e. The molecule has 0 N–H and O–H groups in total. The third kappa shape index (κ3) is 82.3. The predicted molar refractivity (Wildman–Crippen MR) is 8.26 cm³/mol. The molecule has 0 aliphatic rings. The van der Waals surface area contributed by atoms with Gasteiger partial charge in [-0.2, -0.15) is 0 Å². The zero-order valence-electron chi connectivity index (χ0n) is 2.79. The van der Waals surface area contributed by atoms with Crippen LogP contribution in [0.1, 0.15) is 0 Å². The summed E-state index contributed by atoms with van der Waals surface area (Å²) in [7, 11) is -2.92. The number of hydrogen-bond acceptors (Lipinski definition) is 3. The molecular weight excluding hydrogens is 167 g/mol. The zero-order valence-corrected chi connectivity index (χ0v) is 5.63. The van der Waals surface area contributed by atoms with Crippen LogP contribution in [0.15, 0.2) is 0 Å². The van der Waals surface area contributed by atoms with E-state index in [0.29, 0.717) is 0 Å². The first-order chi connectivity index (χ1) is 1.73. The van der Waals surface area contributed by atoms with Crippen LogP contribution < -0.4 is 15.1 Å². The van der Waals surface area contributed by atoms with Gasteiger partial charge in [-0.15, -0.1) is 0 Å². The van der Waals surface area contributed by atoms with E-state index in [4.69, 9.17) is 15.1 Å².